The zero-order valence-corrected chi connectivity index (χ0v) is 26.1. The molecule has 0 aromatic heterocycles. The summed E-state index contributed by atoms with van der Waals surface area (Å²) in [6.07, 6.45) is 5.53. The van der Waals surface area contributed by atoms with Gasteiger partial charge in [-0.05, 0) is 68.5 Å². The topological polar surface area (TPSA) is 86.8 Å². The highest BCUT2D eigenvalue weighted by Crippen LogP contribution is 2.31. The maximum absolute atomic E-state index is 14.3. The number of hydrogen-bond donors (Lipinski definition) is 1. The molecule has 0 radical (unpaired) electrons. The van der Waals surface area contributed by atoms with E-state index in [1.807, 2.05) is 38.1 Å². The molecule has 1 aliphatic carbocycles. The van der Waals surface area contributed by atoms with Gasteiger partial charge in [0, 0.05) is 17.6 Å². The van der Waals surface area contributed by atoms with Gasteiger partial charge in [0.15, 0.2) is 0 Å². The normalized spacial score (nSPS) is 14.7. The largest absolute Gasteiger partial charge is 0.352 e. The van der Waals surface area contributed by atoms with Gasteiger partial charge in [-0.25, -0.2) is 8.42 Å². The molecular weight excluding hydrogens is 570 g/mol. The van der Waals surface area contributed by atoms with Crippen molar-refractivity contribution in [3.05, 3.63) is 94.5 Å². The first-order valence-electron chi connectivity index (χ1n) is 14.6. The number of nitrogens with one attached hydrogen (secondary N) is 1. The predicted molar refractivity (Wildman–Crippen MR) is 168 cm³/mol. The molecule has 7 nitrogen and oxygen atoms in total. The summed E-state index contributed by atoms with van der Waals surface area (Å²) < 4.78 is 29.1. The van der Waals surface area contributed by atoms with Crippen LogP contribution in [0, 0.1) is 13.8 Å². The molecule has 2 amide bonds. The van der Waals surface area contributed by atoms with Crippen LogP contribution in [0.15, 0.2) is 77.7 Å². The first-order valence-corrected chi connectivity index (χ1v) is 16.4. The van der Waals surface area contributed by atoms with Gasteiger partial charge in [-0.2, -0.15) is 0 Å². The van der Waals surface area contributed by atoms with Crippen molar-refractivity contribution < 1.29 is 18.0 Å². The number of halogens is 1. The number of nitrogens with zero attached hydrogens (tertiary/aromatic N) is 2. The molecule has 1 atom stereocenters. The second-order valence-electron chi connectivity index (χ2n) is 11.0. The van der Waals surface area contributed by atoms with Crippen LogP contribution in [-0.4, -0.2) is 43.8 Å². The monoisotopic (exact) mass is 609 g/mol. The fourth-order valence-corrected chi connectivity index (χ4v) is 7.12. The van der Waals surface area contributed by atoms with Gasteiger partial charge in [-0.1, -0.05) is 91.9 Å². The molecule has 0 bridgehead atoms. The molecule has 42 heavy (non-hydrogen) atoms. The Morgan fingerprint density at radius 3 is 2.24 bits per heavy atom. The molecule has 4 rings (SSSR count). The van der Waals surface area contributed by atoms with Gasteiger partial charge < -0.3 is 10.2 Å². The van der Waals surface area contributed by atoms with Gasteiger partial charge >= 0.3 is 0 Å². The van der Waals surface area contributed by atoms with Gasteiger partial charge in [0.2, 0.25) is 11.8 Å². The number of rotatable bonds is 11. The number of anilines is 1. The zero-order valence-electron chi connectivity index (χ0n) is 24.6. The summed E-state index contributed by atoms with van der Waals surface area (Å²) in [4.78, 5) is 29.5. The average Bonchev–Trinajstić information content (AvgIpc) is 2.99. The number of hydrogen-bond acceptors (Lipinski definition) is 4. The number of aryl methyl sites for hydroxylation is 1. The van der Waals surface area contributed by atoms with Crippen molar-refractivity contribution in [3.8, 4) is 0 Å². The van der Waals surface area contributed by atoms with Crippen molar-refractivity contribution in [2.45, 2.75) is 82.8 Å². The lowest BCUT2D eigenvalue weighted by molar-refractivity contribution is -0.140. The van der Waals surface area contributed by atoms with E-state index in [4.69, 9.17) is 11.6 Å². The van der Waals surface area contributed by atoms with E-state index in [9.17, 15) is 18.0 Å². The molecule has 1 unspecified atom stereocenters. The Kier molecular flexibility index (Phi) is 10.7. The first kappa shape index (κ1) is 31.6. The van der Waals surface area contributed by atoms with E-state index in [1.54, 1.807) is 43.3 Å². The summed E-state index contributed by atoms with van der Waals surface area (Å²) >= 11 is 6.41. The second-order valence-corrected chi connectivity index (χ2v) is 13.3. The zero-order chi connectivity index (χ0) is 30.3. The Morgan fingerprint density at radius 1 is 0.929 bits per heavy atom. The third-order valence-corrected chi connectivity index (χ3v) is 10.1. The van der Waals surface area contributed by atoms with Crippen LogP contribution in [0.2, 0.25) is 5.02 Å². The summed E-state index contributed by atoms with van der Waals surface area (Å²) in [5.41, 5.74) is 2.79. The Morgan fingerprint density at radius 2 is 1.60 bits per heavy atom. The molecular formula is C33H40ClN3O4S. The lowest BCUT2D eigenvalue weighted by atomic mass is 9.95. The van der Waals surface area contributed by atoms with Crippen LogP contribution in [-0.2, 0) is 26.2 Å². The van der Waals surface area contributed by atoms with Gasteiger partial charge in [0.05, 0.1) is 10.6 Å². The number of benzene rings is 3. The number of sulfonamides is 1. The van der Waals surface area contributed by atoms with Crippen LogP contribution < -0.4 is 9.62 Å². The maximum Gasteiger partial charge on any atom is 0.264 e. The quantitative estimate of drug-likeness (QED) is 0.272. The average molecular weight is 610 g/mol. The SMILES string of the molecule is CCC(C(=O)NC1CCCCC1)N(Cc1ccc(C)cc1)C(=O)CN(c1cccc(Cl)c1C)S(=O)(=O)c1ccccc1. The predicted octanol–water partition coefficient (Wildman–Crippen LogP) is 6.41. The van der Waals surface area contributed by atoms with Crippen molar-refractivity contribution in [1.82, 2.24) is 10.2 Å². The molecule has 1 saturated carbocycles. The summed E-state index contributed by atoms with van der Waals surface area (Å²) in [5.74, 6) is -0.679. The van der Waals surface area contributed by atoms with Crippen molar-refractivity contribution >= 4 is 39.1 Å². The molecule has 1 aliphatic rings. The van der Waals surface area contributed by atoms with Crippen molar-refractivity contribution in [2.75, 3.05) is 10.8 Å². The third kappa shape index (κ3) is 7.53. The molecule has 0 heterocycles. The van der Waals surface area contributed by atoms with E-state index in [0.717, 1.165) is 47.5 Å². The van der Waals surface area contributed by atoms with Crippen LogP contribution in [0.1, 0.15) is 62.1 Å². The second kappa shape index (κ2) is 14.2. The lowest BCUT2D eigenvalue weighted by Gasteiger charge is -2.34. The van der Waals surface area contributed by atoms with Crippen molar-refractivity contribution in [2.24, 2.45) is 0 Å². The molecule has 3 aromatic rings. The highest BCUT2D eigenvalue weighted by Gasteiger charge is 2.35. The van der Waals surface area contributed by atoms with E-state index in [0.29, 0.717) is 22.7 Å². The van der Waals surface area contributed by atoms with E-state index in [1.165, 1.54) is 17.0 Å². The number of carbonyl (C=O) groups excluding carboxylic acids is 2. The summed E-state index contributed by atoms with van der Waals surface area (Å²) in [6.45, 7) is 5.27. The van der Waals surface area contributed by atoms with Crippen LogP contribution in [0.3, 0.4) is 0 Å². The standard InChI is InChI=1S/C33H40ClN3O4S/c1-4-30(33(39)35-27-12-7-5-8-13-27)36(22-26-20-18-24(2)19-21-26)32(38)23-37(31-17-11-16-29(34)25(31)3)42(40,41)28-14-9-6-10-15-28/h6,9-11,14-21,27,30H,4-5,7-8,12-13,22-23H2,1-3H3,(H,35,39). The molecule has 0 spiro atoms. The Bertz CT molecular complexity index is 1470. The number of amides is 2. The van der Waals surface area contributed by atoms with Gasteiger partial charge in [0.25, 0.3) is 10.0 Å². The van der Waals surface area contributed by atoms with Gasteiger partial charge in [-0.15, -0.1) is 0 Å². The molecule has 9 heteroatoms. The molecule has 3 aromatic carbocycles. The molecule has 1 fully saturated rings. The smallest absolute Gasteiger partial charge is 0.264 e. The lowest BCUT2D eigenvalue weighted by Crippen LogP contribution is -2.54. The van der Waals surface area contributed by atoms with E-state index in [-0.39, 0.29) is 23.4 Å². The molecule has 0 saturated heterocycles. The summed E-state index contributed by atoms with van der Waals surface area (Å²) in [6, 6.07) is 20.1. The number of carbonyl (C=O) groups is 2. The Hall–Kier alpha value is -3.36. The van der Waals surface area contributed by atoms with E-state index < -0.39 is 28.5 Å². The van der Waals surface area contributed by atoms with Gasteiger partial charge in [-0.3, -0.25) is 13.9 Å². The van der Waals surface area contributed by atoms with Crippen molar-refractivity contribution in [1.29, 1.82) is 0 Å². The summed E-state index contributed by atoms with van der Waals surface area (Å²) in [7, 11) is -4.15. The fraction of sp³-hybridized carbons (Fsp3) is 0.394. The minimum absolute atomic E-state index is 0.0596. The van der Waals surface area contributed by atoms with E-state index >= 15 is 0 Å². The van der Waals surface area contributed by atoms with Crippen LogP contribution in [0.25, 0.3) is 0 Å². The minimum Gasteiger partial charge on any atom is -0.352 e. The van der Waals surface area contributed by atoms with E-state index in [2.05, 4.69) is 5.32 Å². The Labute approximate surface area is 254 Å². The maximum atomic E-state index is 14.3. The summed E-state index contributed by atoms with van der Waals surface area (Å²) in [5, 5.41) is 3.57. The molecule has 0 aliphatic heterocycles. The fourth-order valence-electron chi connectivity index (χ4n) is 5.45. The van der Waals surface area contributed by atoms with Crippen LogP contribution in [0.5, 0.6) is 0 Å². The Balaban J connectivity index is 1.72. The van der Waals surface area contributed by atoms with Crippen molar-refractivity contribution in [3.63, 3.8) is 0 Å². The molecule has 224 valence electrons. The first-order chi connectivity index (χ1) is 20.1. The van der Waals surface area contributed by atoms with Crippen LogP contribution in [0.4, 0.5) is 5.69 Å². The minimum atomic E-state index is -4.15. The molecule has 1 N–H and O–H groups in total. The van der Waals surface area contributed by atoms with Crippen LogP contribution >= 0.6 is 11.6 Å². The third-order valence-electron chi connectivity index (χ3n) is 7.93. The highest BCUT2D eigenvalue weighted by atomic mass is 35.5. The highest BCUT2D eigenvalue weighted by molar-refractivity contribution is 7.92. The van der Waals surface area contributed by atoms with Gasteiger partial charge in [0.1, 0.15) is 12.6 Å².